The first-order chi connectivity index (χ1) is 15.6. The predicted molar refractivity (Wildman–Crippen MR) is 128 cm³/mol. The van der Waals surface area contributed by atoms with Crippen LogP contribution >= 0.6 is 15.9 Å². The number of anilines is 3. The molecule has 1 aliphatic heterocycles. The molecule has 3 rings (SSSR count). The molecule has 1 fully saturated rings. The smallest absolute Gasteiger partial charge is 0.410 e. The van der Waals surface area contributed by atoms with Gasteiger partial charge in [-0.1, -0.05) is 0 Å². The molecule has 0 bridgehead atoms. The van der Waals surface area contributed by atoms with Crippen LogP contribution in [-0.2, 0) is 4.74 Å². The van der Waals surface area contributed by atoms with Crippen molar-refractivity contribution in [1.82, 2.24) is 14.9 Å². The Morgan fingerprint density at radius 1 is 1.21 bits per heavy atom. The van der Waals surface area contributed by atoms with Crippen LogP contribution in [0.2, 0.25) is 0 Å². The van der Waals surface area contributed by atoms with E-state index in [2.05, 4.69) is 36.1 Å². The largest absolute Gasteiger partial charge is 0.444 e. The van der Waals surface area contributed by atoms with Crippen LogP contribution in [0.5, 0.6) is 0 Å². The fourth-order valence-electron chi connectivity index (χ4n) is 3.67. The Kier molecular flexibility index (Phi) is 8.10. The Balaban J connectivity index is 1.61. The van der Waals surface area contributed by atoms with Crippen LogP contribution in [0.3, 0.4) is 0 Å². The third-order valence-corrected chi connectivity index (χ3v) is 5.98. The zero-order valence-corrected chi connectivity index (χ0v) is 21.0. The number of likely N-dealkylation sites (tertiary alicyclic amines) is 1. The van der Waals surface area contributed by atoms with Gasteiger partial charge >= 0.3 is 6.09 Å². The van der Waals surface area contributed by atoms with Gasteiger partial charge in [0.15, 0.2) is 0 Å². The number of ether oxygens (including phenoxy) is 1. The SMILES string of the molecule is CCN(CC1CCN(C(=O)OC(C)(C)C)CC1)c1cc(Nc2cc(F)c(Br)cc2F)ncn1. The lowest BCUT2D eigenvalue weighted by molar-refractivity contribution is 0.0186. The first-order valence-corrected chi connectivity index (χ1v) is 11.8. The summed E-state index contributed by atoms with van der Waals surface area (Å²) in [6.07, 6.45) is 2.87. The number of benzene rings is 1. The quantitative estimate of drug-likeness (QED) is 0.485. The van der Waals surface area contributed by atoms with E-state index in [0.717, 1.165) is 38.1 Å². The third kappa shape index (κ3) is 6.99. The standard InChI is InChI=1S/C23H30BrF2N5O2/c1-5-30(13-15-6-8-31(9-7-15)22(32)33-23(2,3)4)21-12-20(27-14-28-21)29-19-11-17(25)16(24)10-18(19)26/h10-12,14-15H,5-9,13H2,1-4H3,(H,27,28,29). The summed E-state index contributed by atoms with van der Waals surface area (Å²) in [5, 5.41) is 2.83. The van der Waals surface area contributed by atoms with Crippen LogP contribution < -0.4 is 10.2 Å². The van der Waals surface area contributed by atoms with Crippen LogP contribution in [0, 0.1) is 17.6 Å². The van der Waals surface area contributed by atoms with Gasteiger partial charge < -0.3 is 19.9 Å². The Labute approximate surface area is 201 Å². The molecule has 2 heterocycles. The van der Waals surface area contributed by atoms with Crippen molar-refractivity contribution in [2.24, 2.45) is 5.92 Å². The van der Waals surface area contributed by atoms with E-state index in [9.17, 15) is 13.6 Å². The van der Waals surface area contributed by atoms with Crippen molar-refractivity contribution in [3.8, 4) is 0 Å². The lowest BCUT2D eigenvalue weighted by atomic mass is 9.96. The van der Waals surface area contributed by atoms with Gasteiger partial charge in [-0.3, -0.25) is 0 Å². The number of carbonyl (C=O) groups excluding carboxylic acids is 1. The summed E-state index contributed by atoms with van der Waals surface area (Å²) in [6, 6.07) is 3.87. The van der Waals surface area contributed by atoms with Gasteiger partial charge in [-0.05, 0) is 68.5 Å². The molecule has 0 unspecified atom stereocenters. The first kappa shape index (κ1) is 25.1. The van der Waals surface area contributed by atoms with Crippen molar-refractivity contribution >= 4 is 39.3 Å². The second-order valence-corrected chi connectivity index (χ2v) is 9.94. The molecule has 33 heavy (non-hydrogen) atoms. The lowest BCUT2D eigenvalue weighted by Crippen LogP contribution is -2.43. The van der Waals surface area contributed by atoms with Crippen LogP contribution in [0.1, 0.15) is 40.5 Å². The monoisotopic (exact) mass is 525 g/mol. The molecule has 180 valence electrons. The highest BCUT2D eigenvalue weighted by Gasteiger charge is 2.28. The van der Waals surface area contributed by atoms with Gasteiger partial charge in [0.05, 0.1) is 10.2 Å². The molecule has 2 aromatic rings. The second-order valence-electron chi connectivity index (χ2n) is 9.08. The van der Waals surface area contributed by atoms with Crippen molar-refractivity contribution in [3.63, 3.8) is 0 Å². The maximum absolute atomic E-state index is 14.2. The number of hydrogen-bond donors (Lipinski definition) is 1. The number of halogens is 3. The Morgan fingerprint density at radius 2 is 1.91 bits per heavy atom. The number of carbonyl (C=O) groups is 1. The van der Waals surface area contributed by atoms with E-state index in [4.69, 9.17) is 4.74 Å². The Hall–Kier alpha value is -2.49. The number of amides is 1. The van der Waals surface area contributed by atoms with Gasteiger partial charge in [-0.2, -0.15) is 0 Å². The summed E-state index contributed by atoms with van der Waals surface area (Å²) in [6.45, 7) is 10.4. The molecule has 1 saturated heterocycles. The van der Waals surface area contributed by atoms with E-state index in [-0.39, 0.29) is 16.3 Å². The lowest BCUT2D eigenvalue weighted by Gasteiger charge is -2.35. The highest BCUT2D eigenvalue weighted by atomic mass is 79.9. The molecule has 1 amide bonds. The zero-order chi connectivity index (χ0) is 24.2. The zero-order valence-electron chi connectivity index (χ0n) is 19.4. The number of nitrogens with one attached hydrogen (secondary N) is 1. The highest BCUT2D eigenvalue weighted by Crippen LogP contribution is 2.27. The molecule has 0 atom stereocenters. The molecule has 1 aromatic carbocycles. The van der Waals surface area contributed by atoms with Crippen molar-refractivity contribution in [2.75, 3.05) is 36.4 Å². The minimum atomic E-state index is -0.590. The number of hydrogen-bond acceptors (Lipinski definition) is 6. The molecule has 0 spiro atoms. The van der Waals surface area contributed by atoms with Gasteiger partial charge in [-0.25, -0.2) is 23.5 Å². The maximum atomic E-state index is 14.2. The van der Waals surface area contributed by atoms with Gasteiger partial charge in [-0.15, -0.1) is 0 Å². The van der Waals surface area contributed by atoms with Gasteiger partial charge in [0, 0.05) is 38.3 Å². The fourth-order valence-corrected chi connectivity index (χ4v) is 3.98. The van der Waals surface area contributed by atoms with E-state index < -0.39 is 17.2 Å². The van der Waals surface area contributed by atoms with Crippen LogP contribution in [-0.4, -0.2) is 52.7 Å². The average Bonchev–Trinajstić information content (AvgIpc) is 2.75. The predicted octanol–water partition coefficient (Wildman–Crippen LogP) is 5.73. The van der Waals surface area contributed by atoms with E-state index in [1.807, 2.05) is 27.7 Å². The molecule has 1 aromatic heterocycles. The molecular weight excluding hydrogens is 496 g/mol. The van der Waals surface area contributed by atoms with Crippen LogP contribution in [0.4, 0.5) is 30.9 Å². The van der Waals surface area contributed by atoms with Crippen molar-refractivity contribution in [3.05, 3.63) is 40.6 Å². The van der Waals surface area contributed by atoms with E-state index >= 15 is 0 Å². The molecule has 1 aliphatic rings. The van der Waals surface area contributed by atoms with E-state index in [0.29, 0.717) is 30.6 Å². The fraction of sp³-hybridized carbons (Fsp3) is 0.522. The maximum Gasteiger partial charge on any atom is 0.410 e. The minimum absolute atomic E-state index is 0.00193. The number of nitrogens with zero attached hydrogens (tertiary/aromatic N) is 4. The molecular formula is C23H30BrF2N5O2. The average molecular weight is 526 g/mol. The molecule has 10 heteroatoms. The van der Waals surface area contributed by atoms with Gasteiger partial charge in [0.25, 0.3) is 0 Å². The van der Waals surface area contributed by atoms with Crippen molar-refractivity contribution < 1.29 is 18.3 Å². The van der Waals surface area contributed by atoms with Gasteiger partial charge in [0.1, 0.15) is 35.2 Å². The van der Waals surface area contributed by atoms with Gasteiger partial charge in [0.2, 0.25) is 0 Å². The molecule has 0 saturated carbocycles. The Morgan fingerprint density at radius 3 is 2.55 bits per heavy atom. The van der Waals surface area contributed by atoms with E-state index in [1.165, 1.54) is 6.33 Å². The van der Waals surface area contributed by atoms with Crippen molar-refractivity contribution in [1.29, 1.82) is 0 Å². The summed E-state index contributed by atoms with van der Waals surface area (Å²) in [5.74, 6) is 0.308. The minimum Gasteiger partial charge on any atom is -0.444 e. The molecule has 7 nitrogen and oxygen atoms in total. The summed E-state index contributed by atoms with van der Waals surface area (Å²) in [4.78, 5) is 24.7. The Bertz CT molecular complexity index is 978. The highest BCUT2D eigenvalue weighted by molar-refractivity contribution is 9.10. The normalized spacial score (nSPS) is 14.8. The van der Waals surface area contributed by atoms with Crippen LogP contribution in [0.15, 0.2) is 29.0 Å². The van der Waals surface area contributed by atoms with E-state index in [1.54, 1.807) is 11.0 Å². The summed E-state index contributed by atoms with van der Waals surface area (Å²) >= 11 is 2.97. The molecule has 0 aliphatic carbocycles. The molecule has 1 N–H and O–H groups in total. The number of aromatic nitrogens is 2. The topological polar surface area (TPSA) is 70.6 Å². The number of rotatable bonds is 6. The summed E-state index contributed by atoms with van der Waals surface area (Å²) in [5.41, 5.74) is -0.505. The van der Waals surface area contributed by atoms with Crippen LogP contribution in [0.25, 0.3) is 0 Å². The summed E-state index contributed by atoms with van der Waals surface area (Å²) in [7, 11) is 0. The first-order valence-electron chi connectivity index (χ1n) is 11.0. The number of piperidine rings is 1. The third-order valence-electron chi connectivity index (χ3n) is 5.38. The summed E-state index contributed by atoms with van der Waals surface area (Å²) < 4.78 is 33.5. The molecule has 0 radical (unpaired) electrons. The second kappa shape index (κ2) is 10.6. The van der Waals surface area contributed by atoms with Crippen molar-refractivity contribution in [2.45, 2.75) is 46.1 Å².